The molecule has 12 N–H and O–H groups in total. The van der Waals surface area contributed by atoms with E-state index in [2.05, 4.69) is 223 Å². The maximum absolute atomic E-state index is 9.48. The lowest BCUT2D eigenvalue weighted by Crippen LogP contribution is -2.44. The summed E-state index contributed by atoms with van der Waals surface area (Å²) in [6.07, 6.45) is 22.2. The number of pyridine rings is 6. The highest BCUT2D eigenvalue weighted by atomic mass is 35.5. The maximum Gasteiger partial charge on any atom is 0.232 e. The minimum absolute atomic E-state index is 0.0903. The van der Waals surface area contributed by atoms with Gasteiger partial charge >= 0.3 is 0 Å². The predicted octanol–water partition coefficient (Wildman–Crippen LogP) is 22.3. The van der Waals surface area contributed by atoms with Crippen molar-refractivity contribution in [1.82, 2.24) is 120 Å². The smallest absolute Gasteiger partial charge is 0.232 e. The third-order valence-electron chi connectivity index (χ3n) is 22.2. The fraction of sp³-hybridized carbons (Fsp3) is 0.218. The minimum Gasteiger partial charge on any atom is -0.383 e. The topological polar surface area (TPSA) is 511 Å². The van der Waals surface area contributed by atoms with Crippen molar-refractivity contribution in [2.45, 2.75) is 130 Å². The molecule has 39 nitrogen and oxygen atoms in total. The highest BCUT2D eigenvalue weighted by molar-refractivity contribution is 6.29. The third kappa shape index (κ3) is 32.6. The van der Waals surface area contributed by atoms with Gasteiger partial charge in [-0.05, 0) is 151 Å². The molecule has 1 unspecified atom stereocenters. The Bertz CT molecular complexity index is 7370. The van der Waals surface area contributed by atoms with Gasteiger partial charge in [-0.3, -0.25) is 24.9 Å². The zero-order chi connectivity index (χ0) is 105. The molecule has 40 heteroatoms. The first-order chi connectivity index (χ1) is 73.0. The lowest BCUT2D eigenvalue weighted by Gasteiger charge is -2.35. The molecule has 150 heavy (non-hydrogen) atoms. The molecule has 6 aromatic carbocycles. The normalized spacial score (nSPS) is 12.3. The molecule has 756 valence electrons. The van der Waals surface area contributed by atoms with Crippen LogP contribution in [0.3, 0.4) is 0 Å². The van der Waals surface area contributed by atoms with Crippen LogP contribution in [0.4, 0.5) is 106 Å². The molecule has 0 bridgehead atoms. The second kappa shape index (κ2) is 52.6. The van der Waals surface area contributed by atoms with Gasteiger partial charge in [0.2, 0.25) is 71.4 Å². The summed E-state index contributed by atoms with van der Waals surface area (Å²) >= 11 is 5.81. The molecule has 0 radical (unpaired) electrons. The number of nitrogens with zero attached hydrogens (tertiary/aromatic N) is 26. The Morgan fingerprint density at radius 2 is 0.620 bits per heavy atom. The molecule has 0 amide bonds. The highest BCUT2D eigenvalue weighted by Crippen LogP contribution is 2.39. The lowest BCUT2D eigenvalue weighted by atomic mass is 9.78. The summed E-state index contributed by atoms with van der Waals surface area (Å²) in [5, 5.41) is 57.7. The molecule has 18 aromatic rings. The van der Waals surface area contributed by atoms with Crippen LogP contribution >= 0.6 is 11.6 Å². The number of halogens is 1. The molecule has 2 fully saturated rings. The van der Waals surface area contributed by atoms with Crippen LogP contribution in [0, 0.1) is 35.0 Å². The molecule has 2 aliphatic carbocycles. The average Bonchev–Trinajstić information content (AvgIpc) is 1.74. The van der Waals surface area contributed by atoms with Gasteiger partial charge in [-0.2, -0.15) is 100 Å². The SMILES string of the molecule is CC(C)Nc1nc(Nc2ccc(Cl)nc2)nc(-c2ccccc2)n1.CCC(Nc1nc(Nc2ccncc2)nc(-c2ccccc2)n1)C(C)(C)C.COCCNc1nc(Nc2ccncc2)nc(-c2ccccc2)n1.Cc1cc(Nc2nc(NC(C)C)nc(-c3ccccc3)n2)ccn1.N#CC1(Nc2nc(Nc3ccncc3)nc(-c3ccccc3)n2)CC1.N#CC1(Nc2nc(Nc3ccncc3)nc(-c3ccccc3)n2)CCC1. The van der Waals surface area contributed by atoms with Crippen molar-refractivity contribution < 1.29 is 4.74 Å². The predicted molar refractivity (Wildman–Crippen MR) is 589 cm³/mol. The number of rotatable bonds is 33. The van der Waals surface area contributed by atoms with Crippen LogP contribution in [0.25, 0.3) is 68.3 Å². The Labute approximate surface area is 874 Å². The second-order valence-corrected chi connectivity index (χ2v) is 36.2. The van der Waals surface area contributed by atoms with Crippen molar-refractivity contribution in [3.63, 3.8) is 0 Å². The highest BCUT2D eigenvalue weighted by Gasteiger charge is 2.44. The van der Waals surface area contributed by atoms with Gasteiger partial charge in [0.25, 0.3) is 0 Å². The van der Waals surface area contributed by atoms with Gasteiger partial charge in [-0.1, -0.05) is 221 Å². The average molecular weight is 2020 g/mol. The maximum atomic E-state index is 9.48. The molecule has 0 spiro atoms. The van der Waals surface area contributed by atoms with Crippen LogP contribution in [-0.2, 0) is 4.74 Å². The molecule has 0 saturated heterocycles. The Kier molecular flexibility index (Phi) is 36.9. The number of ether oxygens (including phenoxy) is 1. The zero-order valence-corrected chi connectivity index (χ0v) is 85.1. The molecule has 20 rings (SSSR count). The van der Waals surface area contributed by atoms with E-state index in [1.54, 1.807) is 75.1 Å². The molecular weight excluding hydrogens is 1900 g/mol. The number of methoxy groups -OCH3 is 1. The van der Waals surface area contributed by atoms with Crippen LogP contribution in [0.2, 0.25) is 5.15 Å². The number of nitriles is 2. The molecule has 0 aliphatic heterocycles. The first-order valence-corrected chi connectivity index (χ1v) is 49.0. The molecule has 2 saturated carbocycles. The number of benzene rings is 6. The van der Waals surface area contributed by atoms with Crippen LogP contribution in [0.1, 0.15) is 99.6 Å². The number of aryl methyl sites for hydroxylation is 1. The number of hydrogen-bond acceptors (Lipinski definition) is 39. The van der Waals surface area contributed by atoms with E-state index in [0.29, 0.717) is 125 Å². The van der Waals surface area contributed by atoms with E-state index in [0.717, 1.165) is 112 Å². The quantitative estimate of drug-likeness (QED) is 0.0134. The standard InChI is InChI=1S/C21H26N6.C19H17N7.C18H15N7.C18H20N6.C17H17ClN6.C17H18N6O/c1-5-17(21(2,3)4)24-20-26-18(15-9-7-6-8-10-15)25-19(27-20)23-16-11-13-22-14-12-16;20-13-19(9-4-10-19)26-18-24-16(14-5-2-1-3-6-14)23-17(25-18)22-15-7-11-21-12-8-15;19-12-18(8-9-18)25-17-23-15(13-4-2-1-3-5-13)22-16(24-17)21-14-6-10-20-11-7-14;1-12(2)20-17-22-16(14-7-5-4-6-8-14)23-18(24-17)21-15-9-10-19-13(3)11-15;1-11(2)20-16-22-15(12-6-4-3-5-7-12)23-17(24-16)21-13-8-9-14(18)19-10-13;1-24-12-11-19-16-21-15(13-5-3-2-4-6-13)22-17(23-16)20-14-7-9-18-10-8-14/h6-14,17H,5H2,1-4H3,(H2,22,23,24,25,26,27);1-3,5-8,11-12H,4,9-10H2,(H2,21,22,23,24,25,26);1-7,10-11H,8-9H2,(H2,20,21,22,23,24,25);4-12H,1-3H3,(H2,19,20,21,22,23,24);3-11H,1-2H3,(H2,20,21,22,23,24);2-10H,11-12H2,1H3,(H2,18,19,20,21,22,23). The van der Waals surface area contributed by atoms with Gasteiger partial charge < -0.3 is 68.5 Å². The van der Waals surface area contributed by atoms with Gasteiger partial charge in [-0.25, -0.2) is 4.98 Å². The summed E-state index contributed by atoms with van der Waals surface area (Å²) in [6, 6.07) is 86.2. The molecule has 12 aromatic heterocycles. The van der Waals surface area contributed by atoms with Gasteiger partial charge in [0.15, 0.2) is 34.9 Å². The van der Waals surface area contributed by atoms with E-state index in [9.17, 15) is 10.5 Å². The van der Waals surface area contributed by atoms with Crippen molar-refractivity contribution in [3.05, 3.63) is 328 Å². The third-order valence-corrected chi connectivity index (χ3v) is 22.4. The van der Waals surface area contributed by atoms with Crippen molar-refractivity contribution in [1.29, 1.82) is 10.5 Å². The molecule has 2 aliphatic rings. The van der Waals surface area contributed by atoms with E-state index in [1.807, 2.05) is 283 Å². The van der Waals surface area contributed by atoms with Gasteiger partial charge in [0.1, 0.15) is 16.2 Å². The van der Waals surface area contributed by atoms with Crippen molar-refractivity contribution in [3.8, 4) is 80.5 Å². The summed E-state index contributed by atoms with van der Waals surface area (Å²) < 4.78 is 5.05. The Hall–Kier alpha value is -18.9. The largest absolute Gasteiger partial charge is 0.383 e. The monoisotopic (exact) mass is 2020 g/mol. The first-order valence-electron chi connectivity index (χ1n) is 48.6. The van der Waals surface area contributed by atoms with E-state index < -0.39 is 11.1 Å². The van der Waals surface area contributed by atoms with Gasteiger partial charge in [0, 0.05) is 155 Å². The fourth-order valence-electron chi connectivity index (χ4n) is 14.3. The Morgan fingerprint density at radius 3 is 0.900 bits per heavy atom. The Morgan fingerprint density at radius 1 is 0.333 bits per heavy atom. The fourth-order valence-corrected chi connectivity index (χ4v) is 14.5. The van der Waals surface area contributed by atoms with E-state index in [4.69, 9.17) is 16.3 Å². The van der Waals surface area contributed by atoms with Crippen LogP contribution in [0.5, 0.6) is 0 Å². The van der Waals surface area contributed by atoms with Crippen LogP contribution in [-0.4, -0.2) is 169 Å². The van der Waals surface area contributed by atoms with Crippen molar-refractivity contribution in [2.24, 2.45) is 5.41 Å². The van der Waals surface area contributed by atoms with Gasteiger partial charge in [0.05, 0.1) is 30.6 Å². The number of nitrogens with one attached hydrogen (secondary N) is 12. The Balaban J connectivity index is 0.000000135. The van der Waals surface area contributed by atoms with E-state index in [1.165, 1.54) is 0 Å². The van der Waals surface area contributed by atoms with E-state index >= 15 is 0 Å². The van der Waals surface area contributed by atoms with E-state index in [-0.39, 0.29) is 23.5 Å². The first kappa shape index (κ1) is 105. The van der Waals surface area contributed by atoms with Crippen LogP contribution < -0.4 is 63.8 Å². The zero-order valence-electron chi connectivity index (χ0n) is 84.3. The number of anilines is 18. The van der Waals surface area contributed by atoms with Crippen molar-refractivity contribution in [2.75, 3.05) is 84.1 Å². The van der Waals surface area contributed by atoms with Crippen molar-refractivity contribution >= 4 is 117 Å². The number of hydrogen-bond donors (Lipinski definition) is 12. The minimum atomic E-state index is -0.580. The molecule has 12 heterocycles. The lowest BCUT2D eigenvalue weighted by molar-refractivity contribution is 0.210. The second-order valence-electron chi connectivity index (χ2n) is 35.8. The summed E-state index contributed by atoms with van der Waals surface area (Å²) in [5.74, 6) is 9.21. The summed E-state index contributed by atoms with van der Waals surface area (Å²) in [5.41, 5.74) is 10.4. The summed E-state index contributed by atoms with van der Waals surface area (Å²) in [6.45, 7) is 20.1. The summed E-state index contributed by atoms with van der Waals surface area (Å²) in [7, 11) is 1.65. The molecule has 1 atom stereocenters. The van der Waals surface area contributed by atoms with Gasteiger partial charge in [-0.15, -0.1) is 0 Å². The molecular formula is C110H113ClN38O. The number of aromatic nitrogens is 24. The summed E-state index contributed by atoms with van der Waals surface area (Å²) in [4.78, 5) is 105. The van der Waals surface area contributed by atoms with Crippen LogP contribution in [0.15, 0.2) is 317 Å².